The van der Waals surface area contributed by atoms with Crippen LogP contribution in [-0.2, 0) is 0 Å². The van der Waals surface area contributed by atoms with E-state index in [0.717, 1.165) is 24.3 Å². The smallest absolute Gasteiger partial charge is 0.323 e. The van der Waals surface area contributed by atoms with Gasteiger partial charge in [-0.1, -0.05) is 18.2 Å². The number of benzene rings is 2. The van der Waals surface area contributed by atoms with Crippen LogP contribution in [-0.4, -0.2) is 54.7 Å². The number of ether oxygens (including phenoxy) is 1. The average molecular weight is 475 g/mol. The summed E-state index contributed by atoms with van der Waals surface area (Å²) in [5, 5.41) is 8.56. The summed E-state index contributed by atoms with van der Waals surface area (Å²) < 4.78 is 5.55. The molecule has 2 heterocycles. The number of pyridine rings is 1. The van der Waals surface area contributed by atoms with Gasteiger partial charge >= 0.3 is 12.1 Å². The minimum Gasteiger partial charge on any atom is -0.492 e. The Morgan fingerprint density at radius 2 is 1.66 bits per heavy atom. The van der Waals surface area contributed by atoms with Crippen molar-refractivity contribution in [1.82, 2.24) is 9.88 Å². The second-order valence-corrected chi connectivity index (χ2v) is 8.13. The molecule has 9 nitrogen and oxygen atoms in total. The standard InChI is InChI=1S/C26H30N6O3/c1-3-35-23-9-5-4-8-22(23)29-25(33)28-20-10-12-21(13-11-20)31-15-17-32(18-16-31)26(34)30-24-19(2)7-6-14-27-24/h4-14H,3,15-18H2,1-2H3,(H,27,30,34)(H2,28,29,33). The minimum absolute atomic E-state index is 0.136. The summed E-state index contributed by atoms with van der Waals surface area (Å²) in [5.41, 5.74) is 3.27. The summed E-state index contributed by atoms with van der Waals surface area (Å²) in [6.45, 7) is 6.99. The van der Waals surface area contributed by atoms with Crippen molar-refractivity contribution in [2.45, 2.75) is 13.8 Å². The molecule has 0 bridgehead atoms. The van der Waals surface area contributed by atoms with Gasteiger partial charge in [0, 0.05) is 43.8 Å². The molecule has 0 radical (unpaired) electrons. The van der Waals surface area contributed by atoms with Gasteiger partial charge in [-0.3, -0.25) is 5.32 Å². The zero-order valence-corrected chi connectivity index (χ0v) is 20.0. The van der Waals surface area contributed by atoms with E-state index < -0.39 is 0 Å². The lowest BCUT2D eigenvalue weighted by Gasteiger charge is -2.36. The second-order valence-electron chi connectivity index (χ2n) is 8.13. The van der Waals surface area contributed by atoms with Crippen molar-refractivity contribution in [2.75, 3.05) is 53.6 Å². The number of rotatable bonds is 6. The topological polar surface area (TPSA) is 98.8 Å². The largest absolute Gasteiger partial charge is 0.492 e. The van der Waals surface area contributed by atoms with Gasteiger partial charge in [-0.25, -0.2) is 14.6 Å². The summed E-state index contributed by atoms with van der Waals surface area (Å²) in [7, 11) is 0. The van der Waals surface area contributed by atoms with E-state index in [2.05, 4.69) is 25.8 Å². The fraction of sp³-hybridized carbons (Fsp3) is 0.269. The number of urea groups is 2. The molecular weight excluding hydrogens is 444 g/mol. The summed E-state index contributed by atoms with van der Waals surface area (Å²) in [6, 6.07) is 18.3. The van der Waals surface area contributed by atoms with E-state index in [4.69, 9.17) is 4.74 Å². The van der Waals surface area contributed by atoms with Crippen molar-refractivity contribution in [3.63, 3.8) is 0 Å². The molecule has 0 spiro atoms. The first-order valence-corrected chi connectivity index (χ1v) is 11.7. The maximum absolute atomic E-state index is 12.6. The van der Waals surface area contributed by atoms with Crippen LogP contribution in [0.1, 0.15) is 12.5 Å². The molecule has 9 heteroatoms. The Balaban J connectivity index is 1.27. The molecule has 1 saturated heterocycles. The van der Waals surface area contributed by atoms with E-state index >= 15 is 0 Å². The Labute approximate surface area is 205 Å². The Hall–Kier alpha value is -4.27. The molecule has 0 saturated carbocycles. The number of nitrogens with one attached hydrogen (secondary N) is 3. The number of hydrogen-bond donors (Lipinski definition) is 3. The highest BCUT2D eigenvalue weighted by Gasteiger charge is 2.22. The van der Waals surface area contributed by atoms with E-state index in [0.29, 0.717) is 42.6 Å². The molecule has 2 aromatic carbocycles. The normalized spacial score (nSPS) is 13.2. The molecule has 0 atom stereocenters. The zero-order valence-electron chi connectivity index (χ0n) is 20.0. The highest BCUT2D eigenvalue weighted by atomic mass is 16.5. The van der Waals surface area contributed by atoms with Gasteiger partial charge in [-0.05, 0) is 61.9 Å². The van der Waals surface area contributed by atoms with Crippen LogP contribution < -0.4 is 25.6 Å². The molecule has 1 aliphatic rings. The highest BCUT2D eigenvalue weighted by molar-refractivity contribution is 6.00. The maximum atomic E-state index is 12.6. The number of carbonyl (C=O) groups excluding carboxylic acids is 2. The van der Waals surface area contributed by atoms with Crippen LogP contribution in [0.25, 0.3) is 0 Å². The first kappa shape index (κ1) is 23.9. The number of para-hydroxylation sites is 2. The third-order valence-corrected chi connectivity index (χ3v) is 5.73. The SMILES string of the molecule is CCOc1ccccc1NC(=O)Nc1ccc(N2CCN(C(=O)Nc3ncccc3C)CC2)cc1. The fourth-order valence-electron chi connectivity index (χ4n) is 3.86. The van der Waals surface area contributed by atoms with Crippen LogP contribution in [0.5, 0.6) is 5.75 Å². The van der Waals surface area contributed by atoms with Crippen molar-refractivity contribution in [3.8, 4) is 5.75 Å². The minimum atomic E-state index is -0.340. The van der Waals surface area contributed by atoms with E-state index in [1.54, 1.807) is 17.2 Å². The molecule has 3 aromatic rings. The van der Waals surface area contributed by atoms with Crippen LogP contribution in [0, 0.1) is 6.92 Å². The monoisotopic (exact) mass is 474 g/mol. The number of aryl methyl sites for hydroxylation is 1. The molecule has 1 aromatic heterocycles. The van der Waals surface area contributed by atoms with Crippen molar-refractivity contribution in [3.05, 3.63) is 72.4 Å². The van der Waals surface area contributed by atoms with Crippen molar-refractivity contribution < 1.29 is 14.3 Å². The van der Waals surface area contributed by atoms with Gasteiger partial charge in [0.15, 0.2) is 0 Å². The fourth-order valence-corrected chi connectivity index (χ4v) is 3.86. The van der Waals surface area contributed by atoms with Crippen LogP contribution >= 0.6 is 0 Å². The molecule has 4 amide bonds. The predicted molar refractivity (Wildman–Crippen MR) is 138 cm³/mol. The highest BCUT2D eigenvalue weighted by Crippen LogP contribution is 2.24. The molecule has 35 heavy (non-hydrogen) atoms. The lowest BCUT2D eigenvalue weighted by atomic mass is 10.2. The third-order valence-electron chi connectivity index (χ3n) is 5.73. The van der Waals surface area contributed by atoms with Gasteiger partial charge in [0.25, 0.3) is 0 Å². The van der Waals surface area contributed by atoms with Gasteiger partial charge in [0.05, 0.1) is 12.3 Å². The molecule has 1 fully saturated rings. The van der Waals surface area contributed by atoms with Gasteiger partial charge in [0.1, 0.15) is 11.6 Å². The molecule has 0 aliphatic carbocycles. The number of carbonyl (C=O) groups is 2. The van der Waals surface area contributed by atoms with Crippen LogP contribution in [0.4, 0.5) is 32.5 Å². The number of nitrogens with zero attached hydrogens (tertiary/aromatic N) is 3. The van der Waals surface area contributed by atoms with Crippen LogP contribution in [0.3, 0.4) is 0 Å². The number of anilines is 4. The maximum Gasteiger partial charge on any atom is 0.323 e. The van der Waals surface area contributed by atoms with Crippen molar-refractivity contribution >= 4 is 34.9 Å². The summed E-state index contributed by atoms with van der Waals surface area (Å²) in [4.78, 5) is 33.3. The number of amides is 4. The Morgan fingerprint density at radius 3 is 2.37 bits per heavy atom. The second kappa shape index (κ2) is 11.2. The lowest BCUT2D eigenvalue weighted by molar-refractivity contribution is 0.208. The Kier molecular flexibility index (Phi) is 7.67. The summed E-state index contributed by atoms with van der Waals surface area (Å²) in [6.07, 6.45) is 1.67. The summed E-state index contributed by atoms with van der Waals surface area (Å²) >= 11 is 0. The van der Waals surface area contributed by atoms with Crippen LogP contribution in [0.2, 0.25) is 0 Å². The van der Waals surface area contributed by atoms with E-state index in [1.807, 2.05) is 68.4 Å². The van der Waals surface area contributed by atoms with Crippen LogP contribution in [0.15, 0.2) is 66.9 Å². The molecule has 3 N–H and O–H groups in total. The lowest BCUT2D eigenvalue weighted by Crippen LogP contribution is -2.50. The molecule has 1 aliphatic heterocycles. The zero-order chi connectivity index (χ0) is 24.6. The number of hydrogen-bond acceptors (Lipinski definition) is 5. The quantitative estimate of drug-likeness (QED) is 0.477. The first-order valence-electron chi connectivity index (χ1n) is 11.7. The number of aromatic nitrogens is 1. The van der Waals surface area contributed by atoms with Gasteiger partial charge in [0.2, 0.25) is 0 Å². The predicted octanol–water partition coefficient (Wildman–Crippen LogP) is 4.79. The average Bonchev–Trinajstić information content (AvgIpc) is 2.87. The molecule has 182 valence electrons. The first-order chi connectivity index (χ1) is 17.0. The van der Waals surface area contributed by atoms with Gasteiger partial charge in [-0.2, -0.15) is 0 Å². The third kappa shape index (κ3) is 6.20. The van der Waals surface area contributed by atoms with Gasteiger partial charge in [-0.15, -0.1) is 0 Å². The van der Waals surface area contributed by atoms with Crippen molar-refractivity contribution in [2.24, 2.45) is 0 Å². The van der Waals surface area contributed by atoms with Gasteiger partial charge < -0.3 is 25.2 Å². The van der Waals surface area contributed by atoms with Crippen molar-refractivity contribution in [1.29, 1.82) is 0 Å². The number of piperazine rings is 1. The molecular formula is C26H30N6O3. The Bertz CT molecular complexity index is 1160. The van der Waals surface area contributed by atoms with E-state index in [9.17, 15) is 9.59 Å². The van der Waals surface area contributed by atoms with E-state index in [1.165, 1.54) is 0 Å². The van der Waals surface area contributed by atoms with E-state index in [-0.39, 0.29) is 12.1 Å². The molecule has 4 rings (SSSR count). The molecule has 0 unspecified atom stereocenters. The summed E-state index contributed by atoms with van der Waals surface area (Å²) in [5.74, 6) is 1.22. The Morgan fingerprint density at radius 1 is 0.914 bits per heavy atom.